The molecule has 4 aromatic heterocycles. The first-order chi connectivity index (χ1) is 26.0. The first-order valence-electron chi connectivity index (χ1n) is 17.9. The van der Waals surface area contributed by atoms with Crippen LogP contribution in [0.5, 0.6) is 11.5 Å². The average Bonchev–Trinajstić information content (AvgIpc) is 3.91. The van der Waals surface area contributed by atoms with Gasteiger partial charge in [0.05, 0.1) is 11.3 Å². The summed E-state index contributed by atoms with van der Waals surface area (Å²) in [6.07, 6.45) is 3.88. The van der Waals surface area contributed by atoms with Gasteiger partial charge in [-0.3, -0.25) is 4.57 Å². The molecule has 0 radical (unpaired) electrons. The number of nitrogens with zero attached hydrogens (tertiary/aromatic N) is 6. The number of fused-ring (bicyclic) bond motifs is 9. The second-order valence-corrected chi connectivity index (χ2v) is 13.9. The van der Waals surface area contributed by atoms with Gasteiger partial charge in [-0.2, -0.15) is 11.2 Å². The molecule has 0 aliphatic rings. The van der Waals surface area contributed by atoms with E-state index in [-0.39, 0.29) is 21.1 Å². The van der Waals surface area contributed by atoms with Crippen molar-refractivity contribution in [2.45, 2.75) is 33.6 Å². The summed E-state index contributed by atoms with van der Waals surface area (Å²) in [7, 11) is 0. The van der Waals surface area contributed by atoms with Gasteiger partial charge in [0.1, 0.15) is 0 Å². The molecule has 264 valence electrons. The van der Waals surface area contributed by atoms with Crippen LogP contribution in [-0.2, 0) is 21.1 Å². The molecule has 4 heterocycles. The quantitative estimate of drug-likeness (QED) is 0.123. The number of pyridine rings is 1. The molecule has 10 rings (SSSR count). The maximum atomic E-state index is 6.61. The van der Waals surface area contributed by atoms with Crippen LogP contribution in [-0.4, -0.2) is 28.7 Å². The van der Waals surface area contributed by atoms with E-state index < -0.39 is 0 Å². The van der Waals surface area contributed by atoms with Crippen molar-refractivity contribution in [3.63, 3.8) is 0 Å². The van der Waals surface area contributed by atoms with Crippen LogP contribution < -0.4 is 4.74 Å². The van der Waals surface area contributed by atoms with Crippen LogP contribution in [0, 0.1) is 26.0 Å². The Bertz CT molecular complexity index is 3040. The van der Waals surface area contributed by atoms with Crippen LogP contribution in [0.1, 0.15) is 36.5 Å². The predicted octanol–water partition coefficient (Wildman–Crippen LogP) is 11.1. The molecule has 54 heavy (non-hydrogen) atoms. The zero-order valence-electron chi connectivity index (χ0n) is 30.1. The van der Waals surface area contributed by atoms with Crippen molar-refractivity contribution in [1.82, 2.24) is 28.7 Å². The van der Waals surface area contributed by atoms with Crippen LogP contribution in [0.4, 0.5) is 0 Å². The van der Waals surface area contributed by atoms with E-state index in [1.54, 1.807) is 0 Å². The fourth-order valence-corrected chi connectivity index (χ4v) is 7.97. The fraction of sp³-hybridized carbons (Fsp3) is 0.109. The van der Waals surface area contributed by atoms with Crippen molar-refractivity contribution in [3.05, 3.63) is 156 Å². The summed E-state index contributed by atoms with van der Waals surface area (Å²) in [4.78, 5) is 4.90. The normalized spacial score (nSPS) is 11.7. The molecule has 8 heteroatoms. The van der Waals surface area contributed by atoms with E-state index in [1.165, 1.54) is 16.7 Å². The van der Waals surface area contributed by atoms with E-state index >= 15 is 0 Å². The standard InChI is InChI=1S/C46H34N6O.Pt/c1-28(2)33-14-5-6-17-38(33)44-48-49-45-39-26-31(20-22-34(39)35-15-7-10-19-41(35)52(44)45)53-32-21-23-37-36-16-8-9-18-40(36)51(42(37)27-32)46-47-24-25-50(46)43-29(3)12-11-13-30(43)4;/h5-25,28H,1-4H3;/q-2;+2. The van der Waals surface area contributed by atoms with E-state index in [0.717, 1.165) is 72.2 Å². The molecular formula is C46H34N6OPt. The second kappa shape index (κ2) is 13.1. The van der Waals surface area contributed by atoms with Gasteiger partial charge in [0, 0.05) is 40.5 Å². The van der Waals surface area contributed by atoms with Gasteiger partial charge in [0.2, 0.25) is 5.95 Å². The molecule has 0 fully saturated rings. The van der Waals surface area contributed by atoms with E-state index in [4.69, 9.17) is 19.9 Å². The van der Waals surface area contributed by atoms with Crippen LogP contribution in [0.2, 0.25) is 0 Å². The Balaban J connectivity index is 0.00000384. The van der Waals surface area contributed by atoms with Crippen molar-refractivity contribution >= 4 is 49.1 Å². The molecule has 0 aliphatic carbocycles. The molecule has 0 N–H and O–H groups in total. The number of aryl methyl sites for hydroxylation is 2. The Morgan fingerprint density at radius 3 is 2.09 bits per heavy atom. The monoisotopic (exact) mass is 881 g/mol. The zero-order valence-corrected chi connectivity index (χ0v) is 32.4. The van der Waals surface area contributed by atoms with Gasteiger partial charge in [0.25, 0.3) is 0 Å². The van der Waals surface area contributed by atoms with E-state index in [2.05, 4.69) is 156 Å². The topological polar surface area (TPSA) is 62.2 Å². The number of hydrogen-bond donors (Lipinski definition) is 0. The summed E-state index contributed by atoms with van der Waals surface area (Å²) >= 11 is 0. The summed E-state index contributed by atoms with van der Waals surface area (Å²) in [6.45, 7) is 8.69. The molecular weight excluding hydrogens is 848 g/mol. The summed E-state index contributed by atoms with van der Waals surface area (Å²) in [6, 6.07) is 47.0. The van der Waals surface area contributed by atoms with Gasteiger partial charge < -0.3 is 13.7 Å². The Kier molecular flexibility index (Phi) is 8.20. The van der Waals surface area contributed by atoms with Gasteiger partial charge >= 0.3 is 21.1 Å². The molecule has 0 saturated heterocycles. The zero-order chi connectivity index (χ0) is 35.8. The first-order valence-corrected chi connectivity index (χ1v) is 17.9. The van der Waals surface area contributed by atoms with Crippen LogP contribution in [0.3, 0.4) is 0 Å². The van der Waals surface area contributed by atoms with Crippen molar-refractivity contribution in [2.24, 2.45) is 0 Å². The number of para-hydroxylation sites is 3. The van der Waals surface area contributed by atoms with Gasteiger partial charge in [0.15, 0.2) is 5.82 Å². The van der Waals surface area contributed by atoms with Crippen molar-refractivity contribution < 1.29 is 25.8 Å². The molecule has 0 bridgehead atoms. The van der Waals surface area contributed by atoms with Crippen LogP contribution in [0.15, 0.2) is 128 Å². The number of hydrogen-bond acceptors (Lipinski definition) is 4. The van der Waals surface area contributed by atoms with E-state index in [1.807, 2.05) is 24.5 Å². The minimum absolute atomic E-state index is 0. The molecule has 7 nitrogen and oxygen atoms in total. The van der Waals surface area contributed by atoms with Crippen LogP contribution in [0.25, 0.3) is 72.2 Å². The predicted molar refractivity (Wildman–Crippen MR) is 213 cm³/mol. The Hall–Kier alpha value is -6.04. The van der Waals surface area contributed by atoms with Gasteiger partial charge in [-0.05, 0) is 59.4 Å². The third-order valence-corrected chi connectivity index (χ3v) is 10.3. The summed E-state index contributed by atoms with van der Waals surface area (Å²) in [5.74, 6) is 3.07. The third-order valence-electron chi connectivity index (χ3n) is 10.3. The maximum absolute atomic E-state index is 6.61. The minimum Gasteiger partial charge on any atom is -0.503 e. The number of imidazole rings is 1. The number of rotatable bonds is 6. The summed E-state index contributed by atoms with van der Waals surface area (Å²) < 4.78 is 13.1. The minimum atomic E-state index is 0. The number of benzene rings is 6. The smallest absolute Gasteiger partial charge is 0.503 e. The molecule has 0 unspecified atom stereocenters. The SMILES string of the molecule is Cc1cccc(C)c1-n1ccnc1-n1c2[c-]c(Oc3[c-]c4c(cc3)c3ccccc3n3c(-c5ccccc5C(C)C)nnc43)ccc2c2ccccc21.[Pt+2]. The summed E-state index contributed by atoms with van der Waals surface area (Å²) in [5, 5.41) is 14.7. The second-order valence-electron chi connectivity index (χ2n) is 13.9. The fourth-order valence-electron chi connectivity index (χ4n) is 7.97. The van der Waals surface area contributed by atoms with Gasteiger partial charge in [-0.1, -0.05) is 115 Å². The molecule has 0 spiro atoms. The van der Waals surface area contributed by atoms with Gasteiger partial charge in [-0.15, -0.1) is 34.8 Å². The number of ether oxygens (including phenoxy) is 1. The maximum Gasteiger partial charge on any atom is 2.00 e. The molecule has 10 aromatic rings. The van der Waals surface area contributed by atoms with Crippen molar-refractivity contribution in [1.29, 1.82) is 0 Å². The van der Waals surface area contributed by atoms with Crippen LogP contribution >= 0.6 is 0 Å². The average molecular weight is 882 g/mol. The van der Waals surface area contributed by atoms with Crippen molar-refractivity contribution in [3.8, 4) is 34.5 Å². The summed E-state index contributed by atoms with van der Waals surface area (Å²) in [5.41, 5.74) is 9.47. The molecule has 0 aliphatic heterocycles. The van der Waals surface area contributed by atoms with Crippen molar-refractivity contribution in [2.75, 3.05) is 0 Å². The molecule has 0 amide bonds. The van der Waals surface area contributed by atoms with Gasteiger partial charge in [-0.25, -0.2) is 4.98 Å². The van der Waals surface area contributed by atoms with E-state index in [0.29, 0.717) is 17.4 Å². The molecule has 0 atom stereocenters. The third kappa shape index (κ3) is 5.18. The Morgan fingerprint density at radius 1 is 0.648 bits per heavy atom. The first kappa shape index (κ1) is 33.8. The molecule has 0 saturated carbocycles. The number of aromatic nitrogens is 6. The Morgan fingerprint density at radius 2 is 1.31 bits per heavy atom. The van der Waals surface area contributed by atoms with E-state index in [9.17, 15) is 0 Å². The molecule has 6 aromatic carbocycles. The Labute approximate surface area is 326 Å². The largest absolute Gasteiger partial charge is 2.00 e.